The van der Waals surface area contributed by atoms with Gasteiger partial charge in [0, 0.05) is 11.6 Å². The average molecular weight is 262 g/mol. The van der Waals surface area contributed by atoms with Gasteiger partial charge in [-0.2, -0.15) is 0 Å². The van der Waals surface area contributed by atoms with Crippen LogP contribution in [-0.4, -0.2) is 11.5 Å². The molecule has 3 nitrogen and oxygen atoms in total. The maximum Gasteiger partial charge on any atom is 0.181 e. The number of benzene rings is 2. The number of aromatic nitrogens is 1. The molecule has 0 aliphatic carbocycles. The van der Waals surface area contributed by atoms with Crippen molar-refractivity contribution in [3.05, 3.63) is 66.4 Å². The Morgan fingerprint density at radius 3 is 2.85 bits per heavy atom. The average Bonchev–Trinajstić information content (AvgIpc) is 2.91. The van der Waals surface area contributed by atoms with Crippen molar-refractivity contribution < 1.29 is 4.84 Å². The molecule has 0 fully saturated rings. The van der Waals surface area contributed by atoms with E-state index >= 15 is 0 Å². The van der Waals surface area contributed by atoms with Gasteiger partial charge in [0.15, 0.2) is 5.75 Å². The summed E-state index contributed by atoms with van der Waals surface area (Å²) in [5.41, 5.74) is 3.39. The molecule has 0 saturated heterocycles. The summed E-state index contributed by atoms with van der Waals surface area (Å²) in [6, 6.07) is 18.4. The quantitative estimate of drug-likeness (QED) is 0.705. The van der Waals surface area contributed by atoms with Crippen molar-refractivity contribution in [1.82, 2.24) is 4.98 Å². The van der Waals surface area contributed by atoms with Gasteiger partial charge in [-0.1, -0.05) is 36.4 Å². The van der Waals surface area contributed by atoms with E-state index in [1.807, 2.05) is 41.5 Å². The van der Waals surface area contributed by atoms with E-state index in [0.29, 0.717) is 0 Å². The van der Waals surface area contributed by atoms with Crippen LogP contribution in [0.15, 0.2) is 60.8 Å². The fourth-order valence-corrected chi connectivity index (χ4v) is 2.67. The standard InChI is InChI=1S/C17H14N2O/c1-2-8-15-13(5-1)10-12-19(15)20-16-9-3-6-14-7-4-11-18-17(14)16/h1-9,11H,10,12H2. The molecule has 2 heterocycles. The second kappa shape index (κ2) is 4.53. The van der Waals surface area contributed by atoms with E-state index in [2.05, 4.69) is 23.2 Å². The Labute approximate surface area is 117 Å². The lowest BCUT2D eigenvalue weighted by Gasteiger charge is -2.20. The van der Waals surface area contributed by atoms with Crippen LogP contribution in [0.3, 0.4) is 0 Å². The van der Waals surface area contributed by atoms with Crippen LogP contribution in [-0.2, 0) is 6.42 Å². The fraction of sp³-hybridized carbons (Fsp3) is 0.118. The highest BCUT2D eigenvalue weighted by Gasteiger charge is 2.20. The number of para-hydroxylation sites is 2. The summed E-state index contributed by atoms with van der Waals surface area (Å²) in [5, 5.41) is 3.05. The molecule has 20 heavy (non-hydrogen) atoms. The normalized spacial score (nSPS) is 13.5. The van der Waals surface area contributed by atoms with E-state index in [0.717, 1.165) is 35.3 Å². The van der Waals surface area contributed by atoms with E-state index in [1.165, 1.54) is 5.56 Å². The molecular formula is C17H14N2O. The molecule has 0 saturated carbocycles. The van der Waals surface area contributed by atoms with Crippen LogP contribution in [0.4, 0.5) is 5.69 Å². The summed E-state index contributed by atoms with van der Waals surface area (Å²) in [4.78, 5) is 10.5. The lowest BCUT2D eigenvalue weighted by atomic mass is 10.2. The van der Waals surface area contributed by atoms with E-state index < -0.39 is 0 Å². The largest absolute Gasteiger partial charge is 0.377 e. The number of pyridine rings is 1. The number of hydrogen-bond acceptors (Lipinski definition) is 3. The highest BCUT2D eigenvalue weighted by Crippen LogP contribution is 2.31. The van der Waals surface area contributed by atoms with E-state index in [9.17, 15) is 0 Å². The summed E-state index contributed by atoms with van der Waals surface area (Å²) in [5.74, 6) is 0.805. The second-order valence-corrected chi connectivity index (χ2v) is 4.90. The minimum absolute atomic E-state index is 0.805. The number of rotatable bonds is 2. The summed E-state index contributed by atoms with van der Waals surface area (Å²) in [6.45, 7) is 0.878. The van der Waals surface area contributed by atoms with Crippen molar-refractivity contribution in [2.45, 2.75) is 6.42 Å². The van der Waals surface area contributed by atoms with Gasteiger partial charge in [-0.3, -0.25) is 4.98 Å². The number of nitrogens with zero attached hydrogens (tertiary/aromatic N) is 2. The molecule has 0 bridgehead atoms. The van der Waals surface area contributed by atoms with Crippen LogP contribution < -0.4 is 9.90 Å². The molecule has 0 unspecified atom stereocenters. The van der Waals surface area contributed by atoms with Crippen molar-refractivity contribution in [1.29, 1.82) is 0 Å². The number of fused-ring (bicyclic) bond motifs is 2. The van der Waals surface area contributed by atoms with Crippen LogP contribution >= 0.6 is 0 Å². The van der Waals surface area contributed by atoms with Gasteiger partial charge in [0.1, 0.15) is 5.52 Å². The zero-order chi connectivity index (χ0) is 13.4. The minimum Gasteiger partial charge on any atom is -0.377 e. The molecule has 98 valence electrons. The Morgan fingerprint density at radius 1 is 0.950 bits per heavy atom. The molecule has 2 aromatic carbocycles. The van der Waals surface area contributed by atoms with Crippen LogP contribution in [0.2, 0.25) is 0 Å². The second-order valence-electron chi connectivity index (χ2n) is 4.90. The van der Waals surface area contributed by atoms with Crippen molar-refractivity contribution >= 4 is 16.6 Å². The SMILES string of the molecule is c1ccc2c(c1)CCN2Oc1cccc2cccnc12. The van der Waals surface area contributed by atoms with Gasteiger partial charge in [-0.15, -0.1) is 0 Å². The van der Waals surface area contributed by atoms with E-state index in [4.69, 9.17) is 4.84 Å². The third kappa shape index (κ3) is 1.79. The summed E-state index contributed by atoms with van der Waals surface area (Å²) >= 11 is 0. The van der Waals surface area contributed by atoms with Crippen molar-refractivity contribution in [2.24, 2.45) is 0 Å². The molecule has 0 spiro atoms. The van der Waals surface area contributed by atoms with Crippen LogP contribution in [0.1, 0.15) is 5.56 Å². The predicted molar refractivity (Wildman–Crippen MR) is 79.9 cm³/mol. The summed E-state index contributed by atoms with van der Waals surface area (Å²) in [7, 11) is 0. The summed E-state index contributed by atoms with van der Waals surface area (Å²) < 4.78 is 0. The van der Waals surface area contributed by atoms with Crippen molar-refractivity contribution in [2.75, 3.05) is 11.6 Å². The summed E-state index contributed by atoms with van der Waals surface area (Å²) in [6.07, 6.45) is 2.82. The lowest BCUT2D eigenvalue weighted by Crippen LogP contribution is -2.24. The number of anilines is 1. The first-order valence-electron chi connectivity index (χ1n) is 6.79. The minimum atomic E-state index is 0.805. The number of hydroxylamine groups is 1. The number of hydrogen-bond donors (Lipinski definition) is 0. The predicted octanol–water partition coefficient (Wildman–Crippen LogP) is 3.59. The van der Waals surface area contributed by atoms with Gasteiger partial charge in [0.05, 0.1) is 12.2 Å². The van der Waals surface area contributed by atoms with Gasteiger partial charge in [0.2, 0.25) is 0 Å². The van der Waals surface area contributed by atoms with Gasteiger partial charge in [0.25, 0.3) is 0 Å². The highest BCUT2D eigenvalue weighted by atomic mass is 16.7. The van der Waals surface area contributed by atoms with E-state index in [1.54, 1.807) is 6.20 Å². The van der Waals surface area contributed by atoms with Crippen LogP contribution in [0, 0.1) is 0 Å². The molecule has 0 atom stereocenters. The van der Waals surface area contributed by atoms with E-state index in [-0.39, 0.29) is 0 Å². The zero-order valence-electron chi connectivity index (χ0n) is 11.0. The lowest BCUT2D eigenvalue weighted by molar-refractivity contribution is 0.291. The Kier molecular flexibility index (Phi) is 2.56. The third-order valence-electron chi connectivity index (χ3n) is 3.65. The fourth-order valence-electron chi connectivity index (χ4n) is 2.67. The first-order chi connectivity index (χ1) is 9.92. The van der Waals surface area contributed by atoms with Gasteiger partial charge < -0.3 is 4.84 Å². The molecule has 0 N–H and O–H groups in total. The Bertz CT molecular complexity index is 764. The molecule has 0 radical (unpaired) electrons. The Balaban J connectivity index is 1.73. The highest BCUT2D eigenvalue weighted by molar-refractivity contribution is 5.84. The topological polar surface area (TPSA) is 25.4 Å². The Morgan fingerprint density at radius 2 is 1.85 bits per heavy atom. The van der Waals surface area contributed by atoms with Crippen molar-refractivity contribution in [3.8, 4) is 5.75 Å². The first kappa shape index (κ1) is 11.3. The molecule has 1 aliphatic heterocycles. The molecular weight excluding hydrogens is 248 g/mol. The van der Waals surface area contributed by atoms with Gasteiger partial charge in [-0.05, 0) is 30.2 Å². The van der Waals surface area contributed by atoms with Gasteiger partial charge in [-0.25, -0.2) is 5.06 Å². The monoisotopic (exact) mass is 262 g/mol. The zero-order valence-corrected chi connectivity index (χ0v) is 11.0. The molecule has 1 aromatic heterocycles. The Hall–Kier alpha value is -2.55. The third-order valence-corrected chi connectivity index (χ3v) is 3.65. The first-order valence-corrected chi connectivity index (χ1v) is 6.79. The molecule has 3 aromatic rings. The smallest absolute Gasteiger partial charge is 0.181 e. The molecule has 3 heteroatoms. The van der Waals surface area contributed by atoms with Crippen molar-refractivity contribution in [3.63, 3.8) is 0 Å². The molecule has 0 amide bonds. The van der Waals surface area contributed by atoms with Crippen LogP contribution in [0.5, 0.6) is 5.75 Å². The maximum absolute atomic E-state index is 6.09. The van der Waals surface area contributed by atoms with Crippen LogP contribution in [0.25, 0.3) is 10.9 Å². The maximum atomic E-state index is 6.09. The molecule has 4 rings (SSSR count). The molecule has 1 aliphatic rings. The van der Waals surface area contributed by atoms with Gasteiger partial charge >= 0.3 is 0 Å².